The molecule has 0 spiro atoms. The van der Waals surface area contributed by atoms with Gasteiger partial charge in [0.1, 0.15) is 0 Å². The molecule has 3 aromatic rings. The van der Waals surface area contributed by atoms with Crippen molar-refractivity contribution < 1.29 is 5.11 Å². The Hall–Kier alpha value is -1.71. The Bertz CT molecular complexity index is 677. The van der Waals surface area contributed by atoms with Gasteiger partial charge in [-0.15, -0.1) is 11.3 Å². The van der Waals surface area contributed by atoms with Crippen molar-refractivity contribution in [1.82, 2.24) is 4.98 Å². The normalized spacial score (nSPS) is 14.4. The molecule has 2 heterocycles. The summed E-state index contributed by atoms with van der Waals surface area (Å²) in [5, 5.41) is 13.8. The number of hydrogen-bond donors (Lipinski definition) is 1. The second-order valence-electron chi connectivity index (χ2n) is 4.70. The Balaban J connectivity index is 1.98. The predicted octanol–water partition coefficient (Wildman–Crippen LogP) is 4.13. The number of aliphatic hydroxyl groups excluding tert-OH is 1. The van der Waals surface area contributed by atoms with Crippen molar-refractivity contribution in [3.8, 4) is 0 Å². The lowest BCUT2D eigenvalue weighted by atomic mass is 9.91. The first-order chi connectivity index (χ1) is 9.27. The van der Waals surface area contributed by atoms with Crippen molar-refractivity contribution in [3.05, 3.63) is 65.3 Å². The highest BCUT2D eigenvalue weighted by molar-refractivity contribution is 7.17. The van der Waals surface area contributed by atoms with Gasteiger partial charge in [-0.1, -0.05) is 25.1 Å². The van der Waals surface area contributed by atoms with Crippen LogP contribution >= 0.6 is 11.3 Å². The Labute approximate surface area is 116 Å². The number of rotatable bonds is 3. The molecule has 3 heteroatoms. The standard InChI is InChI=1S/C16H15NOS/c1-11(12-6-8-17-9-7-12)16(18)14-10-19-15-5-3-2-4-13(14)15/h2-11,16,18H,1H3. The molecule has 96 valence electrons. The number of hydrogen-bond acceptors (Lipinski definition) is 3. The van der Waals surface area contributed by atoms with E-state index in [2.05, 4.69) is 22.5 Å². The van der Waals surface area contributed by atoms with Gasteiger partial charge in [0.05, 0.1) is 6.10 Å². The third kappa shape index (κ3) is 2.27. The molecule has 0 aliphatic heterocycles. The zero-order chi connectivity index (χ0) is 13.2. The quantitative estimate of drug-likeness (QED) is 0.775. The first-order valence-electron chi connectivity index (χ1n) is 6.31. The van der Waals surface area contributed by atoms with Crippen molar-refractivity contribution in [3.63, 3.8) is 0 Å². The molecule has 0 amide bonds. The van der Waals surface area contributed by atoms with Crippen molar-refractivity contribution >= 4 is 21.4 Å². The average Bonchev–Trinajstić information content (AvgIpc) is 2.90. The summed E-state index contributed by atoms with van der Waals surface area (Å²) in [4.78, 5) is 4.02. The molecule has 0 aliphatic rings. The van der Waals surface area contributed by atoms with Gasteiger partial charge in [0.2, 0.25) is 0 Å². The summed E-state index contributed by atoms with van der Waals surface area (Å²) >= 11 is 1.68. The molecule has 0 saturated heterocycles. The smallest absolute Gasteiger partial charge is 0.0869 e. The number of fused-ring (bicyclic) bond motifs is 1. The van der Waals surface area contributed by atoms with Gasteiger partial charge < -0.3 is 5.11 Å². The Morgan fingerprint density at radius 3 is 2.63 bits per heavy atom. The summed E-state index contributed by atoms with van der Waals surface area (Å²) in [6.45, 7) is 2.05. The molecule has 0 aliphatic carbocycles. The fraction of sp³-hybridized carbons (Fsp3) is 0.188. The summed E-state index contributed by atoms with van der Waals surface area (Å²) in [5.74, 6) is 0.0565. The van der Waals surface area contributed by atoms with Gasteiger partial charge in [-0.25, -0.2) is 0 Å². The lowest BCUT2D eigenvalue weighted by molar-refractivity contribution is 0.153. The number of aliphatic hydroxyl groups is 1. The SMILES string of the molecule is CC(c1ccncc1)C(O)c1csc2ccccc12. The lowest BCUT2D eigenvalue weighted by Gasteiger charge is -2.18. The van der Waals surface area contributed by atoms with Crippen molar-refractivity contribution in [2.75, 3.05) is 0 Å². The van der Waals surface area contributed by atoms with Gasteiger partial charge in [-0.3, -0.25) is 4.98 Å². The van der Waals surface area contributed by atoms with Crippen LogP contribution in [0.2, 0.25) is 0 Å². The Morgan fingerprint density at radius 2 is 1.84 bits per heavy atom. The van der Waals surface area contributed by atoms with Crippen LogP contribution in [0.4, 0.5) is 0 Å². The molecule has 0 radical (unpaired) electrons. The molecule has 1 N–H and O–H groups in total. The maximum Gasteiger partial charge on any atom is 0.0869 e. The maximum absolute atomic E-state index is 10.6. The topological polar surface area (TPSA) is 33.1 Å². The van der Waals surface area contributed by atoms with Crippen LogP contribution in [-0.4, -0.2) is 10.1 Å². The third-order valence-corrected chi connectivity index (χ3v) is 4.52. The first-order valence-corrected chi connectivity index (χ1v) is 7.19. The fourth-order valence-electron chi connectivity index (χ4n) is 2.35. The summed E-state index contributed by atoms with van der Waals surface area (Å²) in [7, 11) is 0. The molecular weight excluding hydrogens is 254 g/mol. The van der Waals surface area contributed by atoms with Crippen LogP contribution in [0, 0.1) is 0 Å². The average molecular weight is 269 g/mol. The molecule has 2 atom stereocenters. The maximum atomic E-state index is 10.6. The molecule has 0 fully saturated rings. The highest BCUT2D eigenvalue weighted by atomic mass is 32.1. The number of aromatic nitrogens is 1. The fourth-order valence-corrected chi connectivity index (χ4v) is 3.34. The molecule has 2 unspecified atom stereocenters. The van der Waals surface area contributed by atoms with Crippen LogP contribution in [0.5, 0.6) is 0 Å². The van der Waals surface area contributed by atoms with Crippen molar-refractivity contribution in [2.45, 2.75) is 18.9 Å². The van der Waals surface area contributed by atoms with E-state index in [0.29, 0.717) is 0 Å². The van der Waals surface area contributed by atoms with Crippen LogP contribution in [0.15, 0.2) is 54.2 Å². The molecule has 0 bridgehead atoms. The Kier molecular flexibility index (Phi) is 3.32. The van der Waals surface area contributed by atoms with E-state index in [-0.39, 0.29) is 5.92 Å². The van der Waals surface area contributed by atoms with E-state index in [1.54, 1.807) is 23.7 Å². The van der Waals surface area contributed by atoms with Gasteiger partial charge in [0.15, 0.2) is 0 Å². The highest BCUT2D eigenvalue weighted by Crippen LogP contribution is 2.37. The largest absolute Gasteiger partial charge is 0.388 e. The number of benzene rings is 1. The number of pyridine rings is 1. The van der Waals surface area contributed by atoms with E-state index in [1.807, 2.05) is 31.2 Å². The lowest BCUT2D eigenvalue weighted by Crippen LogP contribution is -2.07. The van der Waals surface area contributed by atoms with Gasteiger partial charge in [0.25, 0.3) is 0 Å². The molecule has 3 rings (SSSR count). The van der Waals surface area contributed by atoms with Crippen molar-refractivity contribution in [2.24, 2.45) is 0 Å². The zero-order valence-electron chi connectivity index (χ0n) is 10.7. The molecular formula is C16H15NOS. The van der Waals surface area contributed by atoms with E-state index in [0.717, 1.165) is 16.5 Å². The predicted molar refractivity (Wildman–Crippen MR) is 79.4 cm³/mol. The van der Waals surface area contributed by atoms with E-state index >= 15 is 0 Å². The van der Waals surface area contributed by atoms with E-state index in [4.69, 9.17) is 0 Å². The second-order valence-corrected chi connectivity index (χ2v) is 5.61. The summed E-state index contributed by atoms with van der Waals surface area (Å²) < 4.78 is 1.22. The van der Waals surface area contributed by atoms with Gasteiger partial charge in [0, 0.05) is 23.0 Å². The third-order valence-electron chi connectivity index (χ3n) is 3.54. The van der Waals surface area contributed by atoms with Gasteiger partial charge in [-0.05, 0) is 40.1 Å². The van der Waals surface area contributed by atoms with Crippen LogP contribution in [0.3, 0.4) is 0 Å². The molecule has 2 aromatic heterocycles. The first kappa shape index (κ1) is 12.3. The van der Waals surface area contributed by atoms with Crippen LogP contribution in [0.1, 0.15) is 30.1 Å². The van der Waals surface area contributed by atoms with Gasteiger partial charge in [-0.2, -0.15) is 0 Å². The van der Waals surface area contributed by atoms with E-state index in [1.165, 1.54) is 4.70 Å². The highest BCUT2D eigenvalue weighted by Gasteiger charge is 2.20. The monoisotopic (exact) mass is 269 g/mol. The molecule has 1 aromatic carbocycles. The van der Waals surface area contributed by atoms with E-state index in [9.17, 15) is 5.11 Å². The number of nitrogens with zero attached hydrogens (tertiary/aromatic N) is 1. The minimum Gasteiger partial charge on any atom is -0.388 e. The zero-order valence-corrected chi connectivity index (χ0v) is 11.5. The summed E-state index contributed by atoms with van der Waals surface area (Å²) in [5.41, 5.74) is 2.13. The minimum absolute atomic E-state index is 0.0565. The van der Waals surface area contributed by atoms with Crippen LogP contribution in [-0.2, 0) is 0 Å². The molecule has 0 saturated carbocycles. The molecule has 19 heavy (non-hydrogen) atoms. The van der Waals surface area contributed by atoms with Crippen LogP contribution < -0.4 is 0 Å². The van der Waals surface area contributed by atoms with Gasteiger partial charge >= 0.3 is 0 Å². The second kappa shape index (κ2) is 5.11. The van der Waals surface area contributed by atoms with E-state index < -0.39 is 6.10 Å². The van der Waals surface area contributed by atoms with Crippen molar-refractivity contribution in [1.29, 1.82) is 0 Å². The summed E-state index contributed by atoms with van der Waals surface area (Å²) in [6, 6.07) is 12.1. The van der Waals surface area contributed by atoms with Crippen LogP contribution in [0.25, 0.3) is 10.1 Å². The summed E-state index contributed by atoms with van der Waals surface area (Å²) in [6.07, 6.45) is 3.05. The minimum atomic E-state index is -0.487. The number of thiophene rings is 1. The Morgan fingerprint density at radius 1 is 1.11 bits per heavy atom. The molecule has 2 nitrogen and oxygen atoms in total.